The number of nitrogens with two attached hydrogens (primary N) is 2. The number of carbonyl (C=O) groups is 14. The van der Waals surface area contributed by atoms with Crippen molar-refractivity contribution < 1.29 is 72.2 Å². The van der Waals surface area contributed by atoms with Crippen LogP contribution in [-0.2, 0) is 80.0 Å². The number of benzene rings is 2. The number of aromatic amines is 1. The summed E-state index contributed by atoms with van der Waals surface area (Å²) in [6, 6.07) is 2.39. The maximum absolute atomic E-state index is 14.8. The molecule has 1 aliphatic heterocycles. The number of phenolic OH excluding ortho intramolecular Hbond substituents is 1. The van der Waals surface area contributed by atoms with Gasteiger partial charge in [-0.05, 0) is 141 Å². The van der Waals surface area contributed by atoms with Crippen LogP contribution >= 0.6 is 0 Å². The number of para-hydroxylation sites is 1. The molecule has 15 N–H and O–H groups in total. The molecule has 2 aromatic carbocycles. The monoisotopic (exact) mass is 1410 g/mol. The summed E-state index contributed by atoms with van der Waals surface area (Å²) in [7, 11) is 0. The average molecular weight is 1410 g/mol. The van der Waals surface area contributed by atoms with E-state index in [0.717, 1.165) is 19.3 Å². The highest BCUT2D eigenvalue weighted by Crippen LogP contribution is 2.31. The Morgan fingerprint density at radius 2 is 1.30 bits per heavy atom. The highest BCUT2D eigenvalue weighted by atomic mass is 16.3. The summed E-state index contributed by atoms with van der Waals surface area (Å²) in [4.78, 5) is 197. The number of aromatic hydroxyl groups is 1. The van der Waals surface area contributed by atoms with Gasteiger partial charge in [0.25, 0.3) is 0 Å². The van der Waals surface area contributed by atoms with E-state index in [-0.39, 0.29) is 69.1 Å². The molecule has 1 aromatic heterocycles. The van der Waals surface area contributed by atoms with Gasteiger partial charge in [-0.15, -0.1) is 0 Å². The smallest absolute Gasteiger partial charge is 0.246 e. The summed E-state index contributed by atoms with van der Waals surface area (Å²) in [5, 5.41) is 35.8. The Bertz CT molecular complexity index is 3420. The van der Waals surface area contributed by atoms with E-state index in [1.807, 2.05) is 32.9 Å². The fraction of sp³-hybridized carbons (Fsp3) is 0.595. The molecule has 5 unspecified atom stereocenters. The van der Waals surface area contributed by atoms with Crippen LogP contribution in [0.4, 0.5) is 0 Å². The summed E-state index contributed by atoms with van der Waals surface area (Å²) in [6.45, 7) is 16.8. The molecule has 4 rings (SSSR count). The Morgan fingerprint density at radius 3 is 1.94 bits per heavy atom. The van der Waals surface area contributed by atoms with Gasteiger partial charge >= 0.3 is 0 Å². The number of unbranched alkanes of at least 4 members (excludes halogenated alkanes) is 1. The number of rotatable bonds is 25. The molecule has 0 bridgehead atoms. The van der Waals surface area contributed by atoms with Gasteiger partial charge in [0.2, 0.25) is 76.3 Å². The molecular formula is C74H110N12O15. The molecule has 0 aliphatic carbocycles. The molecule has 2 heterocycles. The maximum atomic E-state index is 14.8. The summed E-state index contributed by atoms with van der Waals surface area (Å²) < 4.78 is 0. The summed E-state index contributed by atoms with van der Waals surface area (Å²) in [5.41, 5.74) is 9.75. The lowest BCUT2D eigenvalue weighted by atomic mass is 9.79. The Kier molecular flexibility index (Phi) is 34.3. The summed E-state index contributed by atoms with van der Waals surface area (Å²) >= 11 is 0. The van der Waals surface area contributed by atoms with Crippen molar-refractivity contribution in [2.24, 2.45) is 34.6 Å². The van der Waals surface area contributed by atoms with Crippen LogP contribution in [0, 0.1) is 23.2 Å². The van der Waals surface area contributed by atoms with Crippen LogP contribution in [0.15, 0.2) is 66.9 Å². The highest BCUT2D eigenvalue weighted by Gasteiger charge is 2.41. The second kappa shape index (κ2) is 41.1. The van der Waals surface area contributed by atoms with Gasteiger partial charge in [0, 0.05) is 55.9 Å². The van der Waals surface area contributed by atoms with E-state index < -0.39 is 154 Å². The predicted molar refractivity (Wildman–Crippen MR) is 382 cm³/mol. The highest BCUT2D eigenvalue weighted by molar-refractivity contribution is 6.41. The van der Waals surface area contributed by atoms with E-state index in [1.165, 1.54) is 72.7 Å². The number of carbonyl (C=O) groups excluding carboxylic acids is 14. The topological polar surface area (TPSA) is 435 Å². The van der Waals surface area contributed by atoms with E-state index in [4.69, 9.17) is 11.5 Å². The Labute approximate surface area is 592 Å². The predicted octanol–water partition coefficient (Wildman–Crippen LogP) is 4.02. The summed E-state index contributed by atoms with van der Waals surface area (Å²) in [5.74, 6) is -12.8. The van der Waals surface area contributed by atoms with Crippen molar-refractivity contribution in [2.75, 3.05) is 13.1 Å². The van der Waals surface area contributed by atoms with Gasteiger partial charge in [-0.25, -0.2) is 0 Å². The number of hydrogen-bond acceptors (Lipinski definition) is 17. The number of amides is 9. The van der Waals surface area contributed by atoms with Gasteiger partial charge in [-0.1, -0.05) is 102 Å². The molecule has 9 amide bonds. The third kappa shape index (κ3) is 27.5. The molecule has 101 heavy (non-hydrogen) atoms. The first kappa shape index (κ1) is 84.4. The second-order valence-corrected chi connectivity index (χ2v) is 28.1. The van der Waals surface area contributed by atoms with Crippen LogP contribution in [0.5, 0.6) is 5.75 Å². The van der Waals surface area contributed by atoms with E-state index in [1.54, 1.807) is 37.4 Å². The van der Waals surface area contributed by atoms with Crippen LogP contribution in [0.3, 0.4) is 0 Å². The number of phenols is 1. The number of primary amides is 2. The number of aromatic nitrogens is 1. The SMILES string of the molecule is CCCC[C@H](CNC(C)C(=O)C(=O)C(C)NC(=O)[C@]1(C)CCC/C=C/CCCCCC[C@@](C)(CC(C)=O)C(=O)NC(C)C(=O)N[C@@H](Cc2ccc(O)cc2)C(=O)N[C@@H](Cc2c[nH]c3ccccc23)C(=O)NC(C)C(=O)C(=O)[C@H](CCC(N)=O)NC[C@@H](CC(C)C)C(=O)N1)C(=O)NC(C)C(N)=O. The molecule has 0 radical (unpaired) electrons. The second-order valence-electron chi connectivity index (χ2n) is 28.1. The zero-order valence-corrected chi connectivity index (χ0v) is 60.7. The van der Waals surface area contributed by atoms with Crippen LogP contribution in [0.2, 0.25) is 0 Å². The van der Waals surface area contributed by atoms with Gasteiger partial charge < -0.3 is 69.4 Å². The molecule has 12 atom stereocenters. The number of allylic oxidation sites excluding steroid dienone is 2. The molecule has 0 saturated heterocycles. The fourth-order valence-electron chi connectivity index (χ4n) is 12.1. The normalized spacial score (nSPS) is 24.2. The van der Waals surface area contributed by atoms with E-state index in [0.29, 0.717) is 73.4 Å². The van der Waals surface area contributed by atoms with Crippen molar-refractivity contribution in [3.8, 4) is 5.75 Å². The molecular weight excluding hydrogens is 1300 g/mol. The van der Waals surface area contributed by atoms with Gasteiger partial charge in [0.05, 0.1) is 41.4 Å². The lowest BCUT2D eigenvalue weighted by molar-refractivity contribution is -0.141. The van der Waals surface area contributed by atoms with E-state index >= 15 is 0 Å². The van der Waals surface area contributed by atoms with Gasteiger partial charge in [0.15, 0.2) is 0 Å². The zero-order chi connectivity index (χ0) is 75.3. The number of hydrogen-bond donors (Lipinski definition) is 13. The maximum Gasteiger partial charge on any atom is 0.246 e. The van der Waals surface area contributed by atoms with Crippen LogP contribution in [0.25, 0.3) is 10.9 Å². The van der Waals surface area contributed by atoms with Gasteiger partial charge in [-0.3, -0.25) is 67.1 Å². The van der Waals surface area contributed by atoms with Crippen molar-refractivity contribution >= 4 is 93.0 Å². The van der Waals surface area contributed by atoms with Gasteiger partial charge in [-0.2, -0.15) is 0 Å². The number of ketones is 5. The molecule has 27 heteroatoms. The third-order valence-corrected chi connectivity index (χ3v) is 18.5. The molecule has 3 aromatic rings. The molecule has 27 nitrogen and oxygen atoms in total. The molecule has 0 saturated carbocycles. The quantitative estimate of drug-likeness (QED) is 0.0421. The van der Waals surface area contributed by atoms with Crippen molar-refractivity contribution in [2.45, 2.75) is 246 Å². The first-order valence-corrected chi connectivity index (χ1v) is 35.4. The van der Waals surface area contributed by atoms with Crippen molar-refractivity contribution in [1.82, 2.24) is 52.8 Å². The first-order valence-electron chi connectivity index (χ1n) is 35.4. The fourth-order valence-corrected chi connectivity index (χ4v) is 12.1. The van der Waals surface area contributed by atoms with Gasteiger partial charge in [0.1, 0.15) is 41.2 Å². The number of nitrogens with one attached hydrogen (secondary N) is 10. The third-order valence-electron chi connectivity index (χ3n) is 18.5. The molecule has 0 spiro atoms. The largest absolute Gasteiger partial charge is 0.508 e. The van der Waals surface area contributed by atoms with E-state index in [2.05, 4.69) is 52.8 Å². The van der Waals surface area contributed by atoms with Crippen molar-refractivity contribution in [1.29, 1.82) is 0 Å². The minimum atomic E-state index is -1.73. The van der Waals surface area contributed by atoms with Crippen molar-refractivity contribution in [3.05, 3.63) is 78.0 Å². The van der Waals surface area contributed by atoms with E-state index in [9.17, 15) is 72.2 Å². The zero-order valence-electron chi connectivity index (χ0n) is 60.7. The number of Topliss-reactive ketones (excluding diaryl/α,β-unsaturated/α-hetero) is 5. The summed E-state index contributed by atoms with van der Waals surface area (Å²) in [6.07, 6.45) is 11.0. The number of fused-ring (bicyclic) bond motifs is 1. The molecule has 1 aliphatic rings. The molecule has 556 valence electrons. The molecule has 0 fully saturated rings. The lowest BCUT2D eigenvalue weighted by Crippen LogP contribution is -2.61. The van der Waals surface area contributed by atoms with Crippen molar-refractivity contribution in [3.63, 3.8) is 0 Å². The Hall–Kier alpha value is -8.98. The van der Waals surface area contributed by atoms with Crippen LogP contribution in [-0.4, -0.2) is 159 Å². The standard InChI is InChI=1S/C74H110N12O15/c1-12-13-25-51(67(96)81-48(8)65(76)94)40-77-45(5)61(90)62(91)47(7)82-72(101)74(11)35-24-20-18-16-14-15-17-19-23-34-73(10,39-44(4)87)71(100)83-49(9)66(95)84-58(37-50-28-30-54(88)31-29-50)70(99)85-59(38-52-41-78-56-27-22-21-26-55(52)56)69(98)80-46(6)63(92)64(93)57(32-33-60(75)89)79-42-53(36-43(2)3)68(97)86-74/h16,18,21-22,26-31,41,43,45-49,51,53,57-59,77-79,88H,12-15,17,19-20,23-25,32-40,42H2,1-11H3,(H2,75,89)(H2,76,94)(H,80,98)(H,81,96)(H,82,101)(H,83,100)(H,84,95)(H,85,99)(H,86,97)/b18-16+/t45?,46?,47?,48?,49?,51-,53-,57+,58+,59+,73+,74+/m1/s1. The van der Waals surface area contributed by atoms with Crippen LogP contribution < -0.4 is 59.3 Å². The first-order chi connectivity index (χ1) is 47.6. The number of H-pyrrole nitrogens is 1. The minimum absolute atomic E-state index is 0.0214. The minimum Gasteiger partial charge on any atom is -0.508 e. The lowest BCUT2D eigenvalue weighted by Gasteiger charge is -2.33. The Morgan fingerprint density at radius 1 is 0.673 bits per heavy atom. The average Bonchev–Trinajstić information content (AvgIpc) is 1.70. The Balaban J connectivity index is 1.73. The van der Waals surface area contributed by atoms with Crippen LogP contribution in [0.1, 0.15) is 190 Å².